The van der Waals surface area contributed by atoms with Gasteiger partial charge in [-0.05, 0) is 63.6 Å². The molecular formula is C26H31N5O2. The summed E-state index contributed by atoms with van der Waals surface area (Å²) in [6, 6.07) is 9.60. The lowest BCUT2D eigenvalue weighted by Gasteiger charge is -2.32. The molecule has 7 heteroatoms. The molecule has 1 aromatic carbocycles. The summed E-state index contributed by atoms with van der Waals surface area (Å²) in [4.78, 5) is 40.6. The minimum atomic E-state index is -0.0686. The Morgan fingerprint density at radius 2 is 1.79 bits per heavy atom. The second-order valence-electron chi connectivity index (χ2n) is 9.33. The second-order valence-corrected chi connectivity index (χ2v) is 9.33. The zero-order chi connectivity index (χ0) is 23.1. The lowest BCUT2D eigenvalue weighted by atomic mass is 10.0. The van der Waals surface area contributed by atoms with Crippen LogP contribution >= 0.6 is 0 Å². The van der Waals surface area contributed by atoms with Crippen molar-refractivity contribution in [3.8, 4) is 0 Å². The van der Waals surface area contributed by atoms with Crippen molar-refractivity contribution in [2.24, 2.45) is 0 Å². The van der Waals surface area contributed by atoms with Gasteiger partial charge in [-0.25, -0.2) is 0 Å². The first-order chi connectivity index (χ1) is 15.9. The Labute approximate surface area is 194 Å². The van der Waals surface area contributed by atoms with Gasteiger partial charge in [0.1, 0.15) is 0 Å². The molecule has 0 radical (unpaired) electrons. The molecule has 3 aromatic rings. The number of nitrogens with one attached hydrogen (secondary N) is 1. The number of H-pyrrole nitrogens is 1. The van der Waals surface area contributed by atoms with Crippen LogP contribution in [0.4, 0.5) is 0 Å². The molecule has 2 saturated heterocycles. The molecule has 0 bridgehead atoms. The smallest absolute Gasteiger partial charge is 0.255 e. The van der Waals surface area contributed by atoms with Crippen LogP contribution < -0.4 is 0 Å². The number of nitrogens with zero attached hydrogens (tertiary/aromatic N) is 4. The number of hydrogen-bond acceptors (Lipinski definition) is 4. The first-order valence-corrected chi connectivity index (χ1v) is 11.8. The number of likely N-dealkylation sites (tertiary alicyclic amines) is 1. The van der Waals surface area contributed by atoms with Crippen LogP contribution in [-0.2, 0) is 0 Å². The number of pyridine rings is 1. The number of fused-ring (bicyclic) bond motifs is 1. The van der Waals surface area contributed by atoms with E-state index in [1.165, 1.54) is 0 Å². The molecule has 1 atom stereocenters. The first-order valence-electron chi connectivity index (χ1n) is 11.8. The molecule has 0 aliphatic carbocycles. The van der Waals surface area contributed by atoms with Crippen molar-refractivity contribution >= 4 is 22.7 Å². The molecule has 0 saturated carbocycles. The van der Waals surface area contributed by atoms with Crippen molar-refractivity contribution < 1.29 is 9.59 Å². The summed E-state index contributed by atoms with van der Waals surface area (Å²) in [5.74, 6) is 0.0797. The minimum Gasteiger partial charge on any atom is -0.358 e. The number of benzene rings is 1. The van der Waals surface area contributed by atoms with E-state index in [4.69, 9.17) is 0 Å². The molecule has 5 rings (SSSR count). The Bertz CT molecular complexity index is 1190. The predicted octanol–water partition coefficient (Wildman–Crippen LogP) is 3.54. The third-order valence-electron chi connectivity index (χ3n) is 7.23. The normalized spacial score (nSPS) is 19.4. The highest BCUT2D eigenvalue weighted by molar-refractivity contribution is 6.08. The summed E-state index contributed by atoms with van der Waals surface area (Å²) in [7, 11) is 2.08. The maximum absolute atomic E-state index is 13.6. The molecule has 0 spiro atoms. The molecule has 2 aliphatic heterocycles. The van der Waals surface area contributed by atoms with Gasteiger partial charge >= 0.3 is 0 Å². The van der Waals surface area contributed by atoms with Gasteiger partial charge in [-0.2, -0.15) is 0 Å². The standard InChI is InChI=1S/C26H31N5O2/c1-17-18(2)28-22-7-4-6-20(24(17)22)26(33)31-11-5-8-23(31)21-10-9-19(16-27-21)25(32)30-14-12-29(3)13-15-30/h4,6-7,9-10,16,23,28H,5,8,11-15H2,1-3H3. The van der Waals surface area contributed by atoms with Crippen molar-refractivity contribution in [1.82, 2.24) is 24.7 Å². The van der Waals surface area contributed by atoms with Crippen molar-refractivity contribution in [3.63, 3.8) is 0 Å². The second kappa shape index (κ2) is 8.63. The Balaban J connectivity index is 1.37. The third-order valence-corrected chi connectivity index (χ3v) is 7.23. The molecule has 2 amide bonds. The molecule has 1 unspecified atom stereocenters. The van der Waals surface area contributed by atoms with Crippen molar-refractivity contribution in [3.05, 3.63) is 64.6 Å². The maximum Gasteiger partial charge on any atom is 0.255 e. The van der Waals surface area contributed by atoms with Crippen LogP contribution in [0.15, 0.2) is 36.5 Å². The largest absolute Gasteiger partial charge is 0.358 e. The number of carbonyl (C=O) groups is 2. The van der Waals surface area contributed by atoms with Gasteiger partial charge in [-0.3, -0.25) is 14.6 Å². The zero-order valence-corrected chi connectivity index (χ0v) is 19.6. The van der Waals surface area contributed by atoms with E-state index in [1.807, 2.05) is 47.1 Å². The van der Waals surface area contributed by atoms with E-state index in [-0.39, 0.29) is 17.9 Å². The van der Waals surface area contributed by atoms with E-state index >= 15 is 0 Å². The first kappa shape index (κ1) is 21.6. The van der Waals surface area contributed by atoms with Crippen LogP contribution in [0.1, 0.15) is 56.6 Å². The van der Waals surface area contributed by atoms with Crippen LogP contribution in [0.2, 0.25) is 0 Å². The summed E-state index contributed by atoms with van der Waals surface area (Å²) in [6.07, 6.45) is 3.50. The van der Waals surface area contributed by atoms with Gasteiger partial charge in [0.2, 0.25) is 0 Å². The number of hydrogen-bond donors (Lipinski definition) is 1. The summed E-state index contributed by atoms with van der Waals surface area (Å²) >= 11 is 0. The van der Waals surface area contributed by atoms with E-state index in [1.54, 1.807) is 6.20 Å². The third kappa shape index (κ3) is 3.91. The van der Waals surface area contributed by atoms with E-state index in [2.05, 4.69) is 28.8 Å². The average Bonchev–Trinajstić information content (AvgIpc) is 3.43. The number of likely N-dealkylation sites (N-methyl/N-ethyl adjacent to an activating group) is 1. The van der Waals surface area contributed by atoms with Crippen LogP contribution in [0.5, 0.6) is 0 Å². The van der Waals surface area contributed by atoms with Crippen LogP contribution in [-0.4, -0.2) is 76.3 Å². The molecule has 2 aliphatic rings. The highest BCUT2D eigenvalue weighted by atomic mass is 16.2. The van der Waals surface area contributed by atoms with E-state index in [0.29, 0.717) is 12.1 Å². The quantitative estimate of drug-likeness (QED) is 0.669. The van der Waals surface area contributed by atoms with Gasteiger partial charge in [0.05, 0.1) is 17.3 Å². The van der Waals surface area contributed by atoms with Gasteiger partial charge in [-0.15, -0.1) is 0 Å². The van der Waals surface area contributed by atoms with Crippen LogP contribution in [0, 0.1) is 13.8 Å². The topological polar surface area (TPSA) is 72.5 Å². The van der Waals surface area contributed by atoms with Crippen molar-refractivity contribution in [1.29, 1.82) is 0 Å². The Kier molecular flexibility index (Phi) is 5.66. The molecule has 172 valence electrons. The van der Waals surface area contributed by atoms with E-state index in [9.17, 15) is 9.59 Å². The Hall–Kier alpha value is -3.19. The molecule has 4 heterocycles. The van der Waals surface area contributed by atoms with Crippen LogP contribution in [0.25, 0.3) is 10.9 Å². The number of aromatic amines is 1. The molecular weight excluding hydrogens is 414 g/mol. The fourth-order valence-corrected chi connectivity index (χ4v) is 5.12. The minimum absolute atomic E-state index is 0.0338. The molecule has 2 aromatic heterocycles. The molecule has 7 nitrogen and oxygen atoms in total. The summed E-state index contributed by atoms with van der Waals surface area (Å²) in [5, 5.41) is 1.01. The lowest BCUT2D eigenvalue weighted by molar-refractivity contribution is 0.0662. The summed E-state index contributed by atoms with van der Waals surface area (Å²) in [6.45, 7) is 8.08. The summed E-state index contributed by atoms with van der Waals surface area (Å²) < 4.78 is 0. The van der Waals surface area contributed by atoms with Gasteiger partial charge in [0, 0.05) is 61.1 Å². The van der Waals surface area contributed by atoms with E-state index in [0.717, 1.165) is 72.4 Å². The van der Waals surface area contributed by atoms with Crippen LogP contribution in [0.3, 0.4) is 0 Å². The Morgan fingerprint density at radius 1 is 1.00 bits per heavy atom. The van der Waals surface area contributed by atoms with Gasteiger partial charge in [0.25, 0.3) is 11.8 Å². The monoisotopic (exact) mass is 445 g/mol. The number of aromatic nitrogens is 2. The number of rotatable bonds is 3. The highest BCUT2D eigenvalue weighted by Gasteiger charge is 2.33. The number of amides is 2. The van der Waals surface area contributed by atoms with Crippen molar-refractivity contribution in [2.75, 3.05) is 39.8 Å². The van der Waals surface area contributed by atoms with Gasteiger partial charge < -0.3 is 19.7 Å². The van der Waals surface area contributed by atoms with Gasteiger partial charge in [-0.1, -0.05) is 6.07 Å². The fourth-order valence-electron chi connectivity index (χ4n) is 5.12. The molecule has 33 heavy (non-hydrogen) atoms. The zero-order valence-electron chi connectivity index (χ0n) is 19.6. The van der Waals surface area contributed by atoms with Gasteiger partial charge in [0.15, 0.2) is 0 Å². The molecule has 2 fully saturated rings. The number of aryl methyl sites for hydroxylation is 2. The fraction of sp³-hybridized carbons (Fsp3) is 0.423. The maximum atomic E-state index is 13.6. The SMILES string of the molecule is Cc1[nH]c2cccc(C(=O)N3CCCC3c3ccc(C(=O)N4CCN(C)CC4)cn3)c2c1C. The predicted molar refractivity (Wildman–Crippen MR) is 128 cm³/mol. The molecule has 1 N–H and O–H groups in total. The number of carbonyl (C=O) groups excluding carboxylic acids is 2. The lowest BCUT2D eigenvalue weighted by Crippen LogP contribution is -2.47. The van der Waals surface area contributed by atoms with E-state index < -0.39 is 0 Å². The summed E-state index contributed by atoms with van der Waals surface area (Å²) in [5.41, 5.74) is 5.41. The highest BCUT2D eigenvalue weighted by Crippen LogP contribution is 2.34. The average molecular weight is 446 g/mol. The Morgan fingerprint density at radius 3 is 2.52 bits per heavy atom. The number of piperazine rings is 1. The van der Waals surface area contributed by atoms with Crippen molar-refractivity contribution in [2.45, 2.75) is 32.7 Å².